The standard InChI is InChI=1S/C10H14N4O2S/c1-3-4-7(2)11-8-9(14(15)16)13-5-6-17-10(13)12-8/h5-7,11H,3-4H2,1-2H3. The third-order valence-corrected chi connectivity index (χ3v) is 3.27. The Morgan fingerprint density at radius 2 is 2.47 bits per heavy atom. The van der Waals surface area contributed by atoms with Crippen molar-refractivity contribution in [2.24, 2.45) is 0 Å². The van der Waals surface area contributed by atoms with E-state index in [1.54, 1.807) is 11.6 Å². The van der Waals surface area contributed by atoms with Gasteiger partial charge in [-0.3, -0.25) is 0 Å². The maximum Gasteiger partial charge on any atom is 0.372 e. The quantitative estimate of drug-likeness (QED) is 0.657. The molecule has 17 heavy (non-hydrogen) atoms. The lowest BCUT2D eigenvalue weighted by atomic mass is 10.2. The predicted molar refractivity (Wildman–Crippen MR) is 67.7 cm³/mol. The highest BCUT2D eigenvalue weighted by atomic mass is 32.1. The van der Waals surface area contributed by atoms with Crippen LogP contribution in [0.2, 0.25) is 0 Å². The zero-order valence-corrected chi connectivity index (χ0v) is 10.5. The summed E-state index contributed by atoms with van der Waals surface area (Å²) in [6, 6.07) is 0.184. The number of rotatable bonds is 5. The van der Waals surface area contributed by atoms with Gasteiger partial charge >= 0.3 is 5.82 Å². The summed E-state index contributed by atoms with van der Waals surface area (Å²) in [6.45, 7) is 4.08. The molecule has 0 aliphatic carbocycles. The smallest absolute Gasteiger partial charge is 0.360 e. The third-order valence-electron chi connectivity index (χ3n) is 2.51. The third kappa shape index (κ3) is 2.23. The summed E-state index contributed by atoms with van der Waals surface area (Å²) in [4.78, 5) is 15.5. The minimum atomic E-state index is -0.395. The lowest BCUT2D eigenvalue weighted by molar-refractivity contribution is -0.389. The molecule has 2 aromatic rings. The molecule has 0 aromatic carbocycles. The highest BCUT2D eigenvalue weighted by molar-refractivity contribution is 7.15. The molecule has 0 aliphatic rings. The number of nitrogens with zero attached hydrogens (tertiary/aromatic N) is 3. The van der Waals surface area contributed by atoms with Gasteiger partial charge in [0.25, 0.3) is 4.96 Å². The molecule has 1 unspecified atom stereocenters. The Balaban J connectivity index is 2.35. The van der Waals surface area contributed by atoms with Crippen LogP contribution in [-0.4, -0.2) is 20.3 Å². The van der Waals surface area contributed by atoms with Crippen molar-refractivity contribution in [3.63, 3.8) is 0 Å². The van der Waals surface area contributed by atoms with Gasteiger partial charge in [-0.2, -0.15) is 9.38 Å². The largest absolute Gasteiger partial charge is 0.372 e. The molecule has 2 rings (SSSR count). The van der Waals surface area contributed by atoms with E-state index in [-0.39, 0.29) is 11.9 Å². The second kappa shape index (κ2) is 4.70. The lowest BCUT2D eigenvalue weighted by Crippen LogP contribution is -2.15. The predicted octanol–water partition coefficient (Wildman–Crippen LogP) is 2.90. The van der Waals surface area contributed by atoms with Gasteiger partial charge < -0.3 is 15.4 Å². The molecule has 0 aliphatic heterocycles. The average Bonchev–Trinajstić information content (AvgIpc) is 2.76. The molecule has 0 bridgehead atoms. The fourth-order valence-electron chi connectivity index (χ4n) is 1.78. The van der Waals surface area contributed by atoms with Gasteiger partial charge in [0.2, 0.25) is 5.82 Å². The fourth-order valence-corrected chi connectivity index (χ4v) is 2.49. The number of thiazole rings is 1. The number of hydrogen-bond donors (Lipinski definition) is 1. The molecule has 1 atom stereocenters. The van der Waals surface area contributed by atoms with Gasteiger partial charge in [-0.25, -0.2) is 0 Å². The van der Waals surface area contributed by atoms with Gasteiger partial charge in [-0.05, 0) is 18.3 Å². The number of imidazole rings is 1. The molecule has 0 spiro atoms. The van der Waals surface area contributed by atoms with Crippen LogP contribution in [0.5, 0.6) is 0 Å². The van der Waals surface area contributed by atoms with E-state index in [4.69, 9.17) is 0 Å². The summed E-state index contributed by atoms with van der Waals surface area (Å²) in [5.74, 6) is 0.381. The summed E-state index contributed by atoms with van der Waals surface area (Å²) < 4.78 is 1.51. The molecule has 2 heterocycles. The molecule has 0 saturated carbocycles. The van der Waals surface area contributed by atoms with Crippen molar-refractivity contribution in [1.29, 1.82) is 0 Å². The van der Waals surface area contributed by atoms with Crippen LogP contribution in [0.25, 0.3) is 4.96 Å². The molecule has 6 nitrogen and oxygen atoms in total. The number of nitro groups is 1. The first-order valence-corrected chi connectivity index (χ1v) is 6.38. The molecule has 0 fully saturated rings. The Bertz CT molecular complexity index is 533. The zero-order valence-electron chi connectivity index (χ0n) is 9.71. The van der Waals surface area contributed by atoms with Crippen molar-refractivity contribution >= 4 is 27.9 Å². The highest BCUT2D eigenvalue weighted by Crippen LogP contribution is 2.28. The highest BCUT2D eigenvalue weighted by Gasteiger charge is 2.24. The topological polar surface area (TPSA) is 72.5 Å². The monoisotopic (exact) mass is 254 g/mol. The maximum absolute atomic E-state index is 11.0. The molecule has 0 amide bonds. The van der Waals surface area contributed by atoms with Crippen LogP contribution in [0.15, 0.2) is 11.6 Å². The molecular weight excluding hydrogens is 240 g/mol. The van der Waals surface area contributed by atoms with Gasteiger partial charge in [0, 0.05) is 11.4 Å². The Kier molecular flexibility index (Phi) is 3.28. The van der Waals surface area contributed by atoms with Gasteiger partial charge in [-0.15, -0.1) is 0 Å². The van der Waals surface area contributed by atoms with E-state index in [1.807, 2.05) is 6.92 Å². The van der Waals surface area contributed by atoms with Crippen LogP contribution in [0, 0.1) is 10.1 Å². The molecule has 2 aromatic heterocycles. The number of nitrogens with one attached hydrogen (secondary N) is 1. The van der Waals surface area contributed by atoms with E-state index in [0.29, 0.717) is 10.8 Å². The van der Waals surface area contributed by atoms with Crippen LogP contribution in [0.1, 0.15) is 26.7 Å². The van der Waals surface area contributed by atoms with Gasteiger partial charge in [-0.1, -0.05) is 24.7 Å². The van der Waals surface area contributed by atoms with Crippen molar-refractivity contribution in [2.45, 2.75) is 32.7 Å². The second-order valence-corrected chi connectivity index (χ2v) is 4.80. The van der Waals surface area contributed by atoms with Crippen molar-refractivity contribution in [3.8, 4) is 0 Å². The molecule has 0 radical (unpaired) electrons. The number of hydrogen-bond acceptors (Lipinski definition) is 5. The first-order chi connectivity index (χ1) is 8.13. The summed E-state index contributed by atoms with van der Waals surface area (Å²) >= 11 is 1.39. The molecule has 1 N–H and O–H groups in total. The van der Waals surface area contributed by atoms with Crippen LogP contribution in [-0.2, 0) is 0 Å². The Labute approximate surface area is 102 Å². The first kappa shape index (κ1) is 11.8. The number of aromatic nitrogens is 2. The number of fused-ring (bicyclic) bond motifs is 1. The van der Waals surface area contributed by atoms with Crippen molar-refractivity contribution in [2.75, 3.05) is 5.32 Å². The summed E-state index contributed by atoms with van der Waals surface area (Å²) in [7, 11) is 0. The van der Waals surface area contributed by atoms with Gasteiger partial charge in [0.1, 0.15) is 6.20 Å². The van der Waals surface area contributed by atoms with Crippen molar-refractivity contribution in [3.05, 3.63) is 21.7 Å². The van der Waals surface area contributed by atoms with E-state index < -0.39 is 4.92 Å². The fraction of sp³-hybridized carbons (Fsp3) is 0.500. The van der Waals surface area contributed by atoms with E-state index >= 15 is 0 Å². The normalized spacial score (nSPS) is 12.8. The molecule has 7 heteroatoms. The lowest BCUT2D eigenvalue weighted by Gasteiger charge is -2.11. The minimum Gasteiger partial charge on any atom is -0.360 e. The van der Waals surface area contributed by atoms with Gasteiger partial charge in [0.05, 0.1) is 0 Å². The molecule has 0 saturated heterocycles. The van der Waals surface area contributed by atoms with Crippen LogP contribution < -0.4 is 5.32 Å². The SMILES string of the molecule is CCCC(C)Nc1nc2sccn2c1[N+](=O)[O-]. The van der Waals surface area contributed by atoms with Crippen LogP contribution >= 0.6 is 11.3 Å². The van der Waals surface area contributed by atoms with Crippen molar-refractivity contribution in [1.82, 2.24) is 9.38 Å². The Hall–Kier alpha value is -1.63. The van der Waals surface area contributed by atoms with E-state index in [2.05, 4.69) is 17.2 Å². The number of anilines is 1. The average molecular weight is 254 g/mol. The van der Waals surface area contributed by atoms with Crippen molar-refractivity contribution < 1.29 is 4.92 Å². The second-order valence-electron chi connectivity index (χ2n) is 3.93. The minimum absolute atomic E-state index is 0.0178. The summed E-state index contributed by atoms with van der Waals surface area (Å²) in [6.07, 6.45) is 3.66. The first-order valence-electron chi connectivity index (χ1n) is 5.50. The van der Waals surface area contributed by atoms with E-state index in [1.165, 1.54) is 15.7 Å². The molecular formula is C10H14N4O2S. The maximum atomic E-state index is 11.0. The van der Waals surface area contributed by atoms with Crippen LogP contribution in [0.4, 0.5) is 11.6 Å². The van der Waals surface area contributed by atoms with E-state index in [0.717, 1.165) is 12.8 Å². The Morgan fingerprint density at radius 3 is 3.12 bits per heavy atom. The molecule has 92 valence electrons. The Morgan fingerprint density at radius 1 is 1.71 bits per heavy atom. The van der Waals surface area contributed by atoms with Gasteiger partial charge in [0.15, 0.2) is 0 Å². The summed E-state index contributed by atoms with van der Waals surface area (Å²) in [5.41, 5.74) is 0. The van der Waals surface area contributed by atoms with Crippen LogP contribution in [0.3, 0.4) is 0 Å². The zero-order chi connectivity index (χ0) is 12.4. The summed E-state index contributed by atoms with van der Waals surface area (Å²) in [5, 5.41) is 15.9. The van der Waals surface area contributed by atoms with E-state index in [9.17, 15) is 10.1 Å².